The van der Waals surface area contributed by atoms with Gasteiger partial charge in [0, 0.05) is 23.7 Å². The molecule has 5 nitrogen and oxygen atoms in total. The average Bonchev–Trinajstić information content (AvgIpc) is 2.72. The number of hydrogen-bond donors (Lipinski definition) is 1. The van der Waals surface area contributed by atoms with Crippen LogP contribution >= 0.6 is 0 Å². The van der Waals surface area contributed by atoms with Crippen molar-refractivity contribution in [2.45, 2.75) is 66.5 Å². The molecule has 1 unspecified atom stereocenters. The van der Waals surface area contributed by atoms with Crippen molar-refractivity contribution in [2.75, 3.05) is 6.54 Å². The number of carbonyl (C=O) groups excluding carboxylic acids is 1. The van der Waals surface area contributed by atoms with Crippen LogP contribution in [0.4, 0.5) is 4.79 Å². The van der Waals surface area contributed by atoms with Crippen LogP contribution in [0.3, 0.4) is 0 Å². The first-order valence-corrected chi connectivity index (χ1v) is 7.29. The number of aromatic nitrogens is 2. The van der Waals surface area contributed by atoms with Crippen LogP contribution in [0.15, 0.2) is 0 Å². The number of carbonyl (C=O) groups is 1. The second-order valence-electron chi connectivity index (χ2n) is 5.97. The zero-order valence-electron chi connectivity index (χ0n) is 13.7. The van der Waals surface area contributed by atoms with Crippen molar-refractivity contribution in [1.29, 1.82) is 0 Å². The van der Waals surface area contributed by atoms with Crippen LogP contribution in [-0.2, 0) is 11.3 Å². The minimum atomic E-state index is -0.452. The fourth-order valence-electron chi connectivity index (χ4n) is 2.22. The number of H-pyrrole nitrogens is 1. The number of rotatable bonds is 0. The Bertz CT molecular complexity index is 460. The molecule has 0 saturated heterocycles. The van der Waals surface area contributed by atoms with E-state index in [-0.39, 0.29) is 12.0 Å². The largest absolute Gasteiger partial charge is 0.444 e. The van der Waals surface area contributed by atoms with E-state index in [0.717, 1.165) is 17.0 Å². The van der Waals surface area contributed by atoms with Crippen LogP contribution in [0, 0.1) is 6.92 Å². The van der Waals surface area contributed by atoms with Crippen LogP contribution in [-0.4, -0.2) is 33.3 Å². The number of nitrogens with zero attached hydrogens (tertiary/aromatic N) is 2. The summed E-state index contributed by atoms with van der Waals surface area (Å²) in [7, 11) is 0. The van der Waals surface area contributed by atoms with Gasteiger partial charge in [-0.3, -0.25) is 5.10 Å². The molecule has 0 saturated carbocycles. The van der Waals surface area contributed by atoms with Gasteiger partial charge in [0.05, 0.1) is 12.2 Å². The molecule has 1 atom stereocenters. The summed E-state index contributed by atoms with van der Waals surface area (Å²) >= 11 is 0. The molecule has 5 heteroatoms. The van der Waals surface area contributed by atoms with Crippen molar-refractivity contribution >= 4 is 6.09 Å². The third-order valence-electron chi connectivity index (χ3n) is 3.07. The molecule has 1 aromatic heterocycles. The minimum Gasteiger partial charge on any atom is -0.444 e. The second kappa shape index (κ2) is 6.29. The fourth-order valence-corrected chi connectivity index (χ4v) is 2.22. The summed E-state index contributed by atoms with van der Waals surface area (Å²) in [5.74, 6) is 0.242. The van der Waals surface area contributed by atoms with E-state index in [1.807, 2.05) is 41.5 Å². The Morgan fingerprint density at radius 1 is 1.40 bits per heavy atom. The number of aryl methyl sites for hydroxylation is 1. The van der Waals surface area contributed by atoms with Gasteiger partial charge in [-0.15, -0.1) is 0 Å². The third-order valence-corrected chi connectivity index (χ3v) is 3.07. The van der Waals surface area contributed by atoms with Gasteiger partial charge < -0.3 is 9.64 Å². The first kappa shape index (κ1) is 16.5. The van der Waals surface area contributed by atoms with Gasteiger partial charge in [0.25, 0.3) is 0 Å². The van der Waals surface area contributed by atoms with Gasteiger partial charge in [0.1, 0.15) is 5.60 Å². The molecule has 1 aromatic rings. The maximum atomic E-state index is 12.1. The molecule has 1 aliphatic rings. The minimum absolute atomic E-state index is 0.242. The highest BCUT2D eigenvalue weighted by Crippen LogP contribution is 2.28. The van der Waals surface area contributed by atoms with E-state index in [9.17, 15) is 4.79 Å². The van der Waals surface area contributed by atoms with E-state index in [0.29, 0.717) is 13.1 Å². The molecule has 20 heavy (non-hydrogen) atoms. The fraction of sp³-hybridized carbons (Fsp3) is 0.733. The lowest BCUT2D eigenvalue weighted by atomic mass is 9.97. The van der Waals surface area contributed by atoms with Gasteiger partial charge in [-0.05, 0) is 27.7 Å². The molecule has 0 bridgehead atoms. The smallest absolute Gasteiger partial charge is 0.410 e. The molecule has 0 spiro atoms. The monoisotopic (exact) mass is 281 g/mol. The zero-order chi connectivity index (χ0) is 15.5. The van der Waals surface area contributed by atoms with E-state index >= 15 is 0 Å². The van der Waals surface area contributed by atoms with Crippen molar-refractivity contribution in [3.05, 3.63) is 17.0 Å². The summed E-state index contributed by atoms with van der Waals surface area (Å²) < 4.78 is 5.41. The van der Waals surface area contributed by atoms with Gasteiger partial charge in [-0.25, -0.2) is 4.79 Å². The standard InChI is InChI=1S/C13H21N3O2.C2H6/c1-8-6-16(12(17)18-13(3,4)5)7-10-9(2)14-15-11(8)10;1-2/h8H,6-7H2,1-5H3,(H,14,15);1-2H3. The molecule has 2 rings (SSSR count). The highest BCUT2D eigenvalue weighted by atomic mass is 16.6. The Hall–Kier alpha value is -1.52. The third kappa shape index (κ3) is 3.74. The molecule has 2 heterocycles. The Labute approximate surface area is 121 Å². The normalized spacial score (nSPS) is 17.9. The van der Waals surface area contributed by atoms with Gasteiger partial charge >= 0.3 is 6.09 Å². The number of hydrogen-bond acceptors (Lipinski definition) is 3. The predicted molar refractivity (Wildman–Crippen MR) is 79.7 cm³/mol. The maximum Gasteiger partial charge on any atom is 0.410 e. The molecule has 1 amide bonds. The van der Waals surface area contributed by atoms with Crippen molar-refractivity contribution in [3.63, 3.8) is 0 Å². The Morgan fingerprint density at radius 2 is 2.00 bits per heavy atom. The molecule has 0 aliphatic carbocycles. The van der Waals surface area contributed by atoms with E-state index in [4.69, 9.17) is 4.74 Å². The van der Waals surface area contributed by atoms with Crippen LogP contribution in [0.2, 0.25) is 0 Å². The lowest BCUT2D eigenvalue weighted by molar-refractivity contribution is 0.0208. The summed E-state index contributed by atoms with van der Waals surface area (Å²) in [6.45, 7) is 14.9. The van der Waals surface area contributed by atoms with E-state index < -0.39 is 5.60 Å². The molecule has 114 valence electrons. The average molecular weight is 281 g/mol. The number of amides is 1. The lowest BCUT2D eigenvalue weighted by Gasteiger charge is -2.32. The Kier molecular flexibility index (Phi) is 5.20. The Morgan fingerprint density at radius 3 is 2.55 bits per heavy atom. The summed E-state index contributed by atoms with van der Waals surface area (Å²) in [4.78, 5) is 13.8. The quantitative estimate of drug-likeness (QED) is 0.790. The Balaban J connectivity index is 0.000000956. The maximum absolute atomic E-state index is 12.1. The molecular formula is C15H27N3O2. The SMILES string of the molecule is CC.Cc1[nH]nc2c1CN(C(=O)OC(C)(C)C)CC2C. The number of aromatic amines is 1. The van der Waals surface area contributed by atoms with E-state index in [1.165, 1.54) is 0 Å². The van der Waals surface area contributed by atoms with Crippen LogP contribution in [0.25, 0.3) is 0 Å². The van der Waals surface area contributed by atoms with Gasteiger partial charge in [-0.1, -0.05) is 20.8 Å². The molecule has 1 N–H and O–H groups in total. The highest BCUT2D eigenvalue weighted by molar-refractivity contribution is 5.68. The van der Waals surface area contributed by atoms with Crippen LogP contribution in [0.5, 0.6) is 0 Å². The second-order valence-corrected chi connectivity index (χ2v) is 5.97. The van der Waals surface area contributed by atoms with E-state index in [2.05, 4.69) is 17.1 Å². The van der Waals surface area contributed by atoms with Crippen molar-refractivity contribution in [1.82, 2.24) is 15.1 Å². The molecule has 0 radical (unpaired) electrons. The van der Waals surface area contributed by atoms with Gasteiger partial charge in [0.15, 0.2) is 0 Å². The van der Waals surface area contributed by atoms with Crippen LogP contribution in [0.1, 0.15) is 64.4 Å². The molecule has 0 aromatic carbocycles. The van der Waals surface area contributed by atoms with E-state index in [1.54, 1.807) is 4.90 Å². The highest BCUT2D eigenvalue weighted by Gasteiger charge is 2.31. The van der Waals surface area contributed by atoms with Crippen molar-refractivity contribution in [3.8, 4) is 0 Å². The van der Waals surface area contributed by atoms with Crippen molar-refractivity contribution < 1.29 is 9.53 Å². The summed E-state index contributed by atoms with van der Waals surface area (Å²) in [5.41, 5.74) is 2.78. The summed E-state index contributed by atoms with van der Waals surface area (Å²) in [5, 5.41) is 7.29. The predicted octanol–water partition coefficient (Wildman–Crippen LogP) is 3.60. The first-order valence-electron chi connectivity index (χ1n) is 7.29. The molecular weight excluding hydrogens is 254 g/mol. The lowest BCUT2D eigenvalue weighted by Crippen LogP contribution is -2.41. The number of ether oxygens (including phenoxy) is 1. The zero-order valence-corrected chi connectivity index (χ0v) is 13.7. The number of nitrogens with one attached hydrogen (secondary N) is 1. The first-order chi connectivity index (χ1) is 9.28. The van der Waals surface area contributed by atoms with Crippen LogP contribution < -0.4 is 0 Å². The van der Waals surface area contributed by atoms with Crippen molar-refractivity contribution in [2.24, 2.45) is 0 Å². The van der Waals surface area contributed by atoms with Gasteiger partial charge in [-0.2, -0.15) is 5.10 Å². The topological polar surface area (TPSA) is 58.2 Å². The summed E-state index contributed by atoms with van der Waals surface area (Å²) in [6.07, 6.45) is -0.249. The molecule has 0 fully saturated rings. The van der Waals surface area contributed by atoms with Gasteiger partial charge in [0.2, 0.25) is 0 Å². The summed E-state index contributed by atoms with van der Waals surface area (Å²) in [6, 6.07) is 0. The number of fused-ring (bicyclic) bond motifs is 1. The molecule has 1 aliphatic heterocycles.